The van der Waals surface area contributed by atoms with E-state index in [0.717, 1.165) is 10.0 Å². The molecule has 22 heavy (non-hydrogen) atoms. The van der Waals surface area contributed by atoms with E-state index in [4.69, 9.17) is 9.26 Å². The summed E-state index contributed by atoms with van der Waals surface area (Å²) in [5.41, 5.74) is 1.18. The van der Waals surface area contributed by atoms with Crippen molar-refractivity contribution in [1.29, 1.82) is 0 Å². The molecule has 2 heterocycles. The minimum atomic E-state index is -0.490. The molecule has 0 saturated heterocycles. The number of carbonyl (C=O) groups excluding carboxylic acids is 1. The molecule has 0 fully saturated rings. The van der Waals surface area contributed by atoms with Crippen LogP contribution in [0.25, 0.3) is 11.4 Å². The molecule has 0 atom stereocenters. The number of carbonyl (C=O) groups is 1. The molecule has 0 unspecified atom stereocenters. The average Bonchev–Trinajstić information content (AvgIpc) is 3.02. The summed E-state index contributed by atoms with van der Waals surface area (Å²) in [6.07, 6.45) is 3.02. The van der Waals surface area contributed by atoms with Crippen molar-refractivity contribution in [2.24, 2.45) is 0 Å². The van der Waals surface area contributed by atoms with Crippen molar-refractivity contribution in [2.75, 3.05) is 0 Å². The number of esters is 1. The van der Waals surface area contributed by atoms with Gasteiger partial charge in [0.2, 0.25) is 5.82 Å². The molecule has 3 aromatic rings. The van der Waals surface area contributed by atoms with E-state index >= 15 is 0 Å². The van der Waals surface area contributed by atoms with Crippen LogP contribution in [0.4, 0.5) is 0 Å². The Morgan fingerprint density at radius 3 is 2.95 bits per heavy atom. The Hall–Kier alpha value is -2.54. The fraction of sp³-hybridized carbons (Fsp3) is 0.0667. The van der Waals surface area contributed by atoms with Gasteiger partial charge in [0.15, 0.2) is 6.61 Å². The van der Waals surface area contributed by atoms with Crippen molar-refractivity contribution in [3.05, 3.63) is 64.7 Å². The largest absolute Gasteiger partial charge is 0.452 e. The average molecular weight is 360 g/mol. The van der Waals surface area contributed by atoms with Gasteiger partial charge in [-0.25, -0.2) is 4.79 Å². The molecule has 3 rings (SSSR count). The molecule has 0 N–H and O–H groups in total. The lowest BCUT2D eigenvalue weighted by Crippen LogP contribution is -2.05. The quantitative estimate of drug-likeness (QED) is 0.665. The van der Waals surface area contributed by atoms with Gasteiger partial charge in [0.25, 0.3) is 5.89 Å². The summed E-state index contributed by atoms with van der Waals surface area (Å²) in [4.78, 5) is 19.8. The lowest BCUT2D eigenvalue weighted by molar-refractivity contribution is 0.0429. The standard InChI is InChI=1S/C15H10BrN3O3/c16-12-5-1-3-10(7-12)14-18-13(22-19-14)9-21-15(20)11-4-2-6-17-8-11/h1-8H,9H2. The van der Waals surface area contributed by atoms with Gasteiger partial charge in [-0.1, -0.05) is 33.2 Å². The van der Waals surface area contributed by atoms with Crippen LogP contribution < -0.4 is 0 Å². The van der Waals surface area contributed by atoms with E-state index in [2.05, 4.69) is 31.1 Å². The number of hydrogen-bond donors (Lipinski definition) is 0. The number of ether oxygens (including phenoxy) is 1. The number of hydrogen-bond acceptors (Lipinski definition) is 6. The molecule has 0 radical (unpaired) electrons. The number of aromatic nitrogens is 3. The summed E-state index contributed by atoms with van der Waals surface area (Å²) in [7, 11) is 0. The van der Waals surface area contributed by atoms with E-state index in [9.17, 15) is 4.79 Å². The van der Waals surface area contributed by atoms with Gasteiger partial charge < -0.3 is 9.26 Å². The molecule has 110 valence electrons. The maximum absolute atomic E-state index is 11.8. The molecule has 0 aliphatic carbocycles. The molecule has 0 amide bonds. The van der Waals surface area contributed by atoms with Crippen molar-refractivity contribution in [3.63, 3.8) is 0 Å². The molecule has 0 aliphatic heterocycles. The van der Waals surface area contributed by atoms with Gasteiger partial charge in [-0.15, -0.1) is 0 Å². The Bertz CT molecular complexity index is 789. The van der Waals surface area contributed by atoms with Crippen LogP contribution in [0.15, 0.2) is 57.8 Å². The molecule has 0 saturated carbocycles. The zero-order chi connectivity index (χ0) is 15.4. The van der Waals surface area contributed by atoms with Crippen molar-refractivity contribution >= 4 is 21.9 Å². The third-order valence-electron chi connectivity index (χ3n) is 2.77. The van der Waals surface area contributed by atoms with Crippen LogP contribution in [0.3, 0.4) is 0 Å². The monoisotopic (exact) mass is 359 g/mol. The van der Waals surface area contributed by atoms with Gasteiger partial charge >= 0.3 is 5.97 Å². The molecule has 0 aliphatic rings. The van der Waals surface area contributed by atoms with Crippen molar-refractivity contribution in [3.8, 4) is 11.4 Å². The van der Waals surface area contributed by atoms with E-state index < -0.39 is 5.97 Å². The first-order chi connectivity index (χ1) is 10.7. The second kappa shape index (κ2) is 6.48. The van der Waals surface area contributed by atoms with E-state index in [1.54, 1.807) is 18.3 Å². The minimum absolute atomic E-state index is 0.0886. The first-order valence-electron chi connectivity index (χ1n) is 6.38. The van der Waals surface area contributed by atoms with Crippen LogP contribution >= 0.6 is 15.9 Å². The Morgan fingerprint density at radius 1 is 1.27 bits per heavy atom. The maximum Gasteiger partial charge on any atom is 0.340 e. The molecule has 6 nitrogen and oxygen atoms in total. The Balaban J connectivity index is 1.66. The Labute approximate surface area is 134 Å². The summed E-state index contributed by atoms with van der Waals surface area (Å²) >= 11 is 3.38. The highest BCUT2D eigenvalue weighted by Crippen LogP contribution is 2.20. The summed E-state index contributed by atoms with van der Waals surface area (Å²) in [5.74, 6) is 0.177. The predicted octanol–water partition coefficient (Wildman–Crippen LogP) is 3.25. The normalized spacial score (nSPS) is 10.4. The molecule has 0 bridgehead atoms. The van der Waals surface area contributed by atoms with Crippen LogP contribution in [0.2, 0.25) is 0 Å². The number of halogens is 1. The SMILES string of the molecule is O=C(OCc1nc(-c2cccc(Br)c2)no1)c1cccnc1. The van der Waals surface area contributed by atoms with Crippen molar-refractivity contribution in [1.82, 2.24) is 15.1 Å². The first-order valence-corrected chi connectivity index (χ1v) is 7.17. The van der Waals surface area contributed by atoms with Crippen LogP contribution in [0.1, 0.15) is 16.2 Å². The van der Waals surface area contributed by atoms with E-state index in [0.29, 0.717) is 11.4 Å². The fourth-order valence-corrected chi connectivity index (χ4v) is 2.15. The van der Waals surface area contributed by atoms with Gasteiger partial charge in [0.05, 0.1) is 5.56 Å². The Morgan fingerprint density at radius 2 is 2.18 bits per heavy atom. The predicted molar refractivity (Wildman–Crippen MR) is 80.8 cm³/mol. The van der Waals surface area contributed by atoms with Gasteiger partial charge in [-0.2, -0.15) is 4.98 Å². The number of benzene rings is 1. The maximum atomic E-state index is 11.8. The van der Waals surface area contributed by atoms with Crippen LogP contribution in [-0.4, -0.2) is 21.1 Å². The highest BCUT2D eigenvalue weighted by molar-refractivity contribution is 9.10. The second-order valence-electron chi connectivity index (χ2n) is 4.34. The topological polar surface area (TPSA) is 78.1 Å². The minimum Gasteiger partial charge on any atom is -0.452 e. The lowest BCUT2D eigenvalue weighted by atomic mass is 10.2. The number of pyridine rings is 1. The number of rotatable bonds is 4. The summed E-state index contributed by atoms with van der Waals surface area (Å²) in [6.45, 7) is -0.0886. The molecular weight excluding hydrogens is 350 g/mol. The van der Waals surface area contributed by atoms with E-state index in [1.807, 2.05) is 24.3 Å². The van der Waals surface area contributed by atoms with Gasteiger partial charge in [-0.05, 0) is 24.3 Å². The van der Waals surface area contributed by atoms with Gasteiger partial charge in [-0.3, -0.25) is 4.98 Å². The fourth-order valence-electron chi connectivity index (χ4n) is 1.75. The Kier molecular flexibility index (Phi) is 4.24. The first kappa shape index (κ1) is 14.4. The van der Waals surface area contributed by atoms with E-state index in [-0.39, 0.29) is 12.5 Å². The third kappa shape index (κ3) is 3.37. The van der Waals surface area contributed by atoms with E-state index in [1.165, 1.54) is 6.20 Å². The highest BCUT2D eigenvalue weighted by atomic mass is 79.9. The molecule has 0 spiro atoms. The third-order valence-corrected chi connectivity index (χ3v) is 3.27. The van der Waals surface area contributed by atoms with Crippen LogP contribution in [0, 0.1) is 0 Å². The zero-order valence-electron chi connectivity index (χ0n) is 11.3. The number of nitrogens with zero attached hydrogens (tertiary/aromatic N) is 3. The highest BCUT2D eigenvalue weighted by Gasteiger charge is 2.12. The molecule has 1 aromatic carbocycles. The smallest absolute Gasteiger partial charge is 0.340 e. The molecule has 7 heteroatoms. The van der Waals surface area contributed by atoms with Crippen molar-refractivity contribution < 1.29 is 14.1 Å². The van der Waals surface area contributed by atoms with Crippen molar-refractivity contribution in [2.45, 2.75) is 6.61 Å². The summed E-state index contributed by atoms with van der Waals surface area (Å²) < 4.78 is 11.1. The molecular formula is C15H10BrN3O3. The summed E-state index contributed by atoms with van der Waals surface area (Å²) in [6, 6.07) is 10.8. The van der Waals surface area contributed by atoms with Gasteiger partial charge in [0.1, 0.15) is 0 Å². The summed E-state index contributed by atoms with van der Waals surface area (Å²) in [5, 5.41) is 3.87. The molecule has 2 aromatic heterocycles. The zero-order valence-corrected chi connectivity index (χ0v) is 12.9. The van der Waals surface area contributed by atoms with Crippen LogP contribution in [-0.2, 0) is 11.3 Å². The van der Waals surface area contributed by atoms with Gasteiger partial charge in [0, 0.05) is 22.4 Å². The lowest BCUT2D eigenvalue weighted by Gasteiger charge is -2.00. The van der Waals surface area contributed by atoms with Crippen LogP contribution in [0.5, 0.6) is 0 Å². The second-order valence-corrected chi connectivity index (χ2v) is 5.26.